The summed E-state index contributed by atoms with van der Waals surface area (Å²) in [5.74, 6) is -0.0182. The molecule has 2 heterocycles. The molecule has 0 bridgehead atoms. The van der Waals surface area contributed by atoms with Crippen LogP contribution in [0, 0.1) is 0 Å². The van der Waals surface area contributed by atoms with Crippen LogP contribution >= 0.6 is 0 Å². The summed E-state index contributed by atoms with van der Waals surface area (Å²) in [5, 5.41) is 9.45. The fourth-order valence-electron chi connectivity index (χ4n) is 2.45. The Bertz CT molecular complexity index is 358. The van der Waals surface area contributed by atoms with Gasteiger partial charge in [-0.15, -0.1) is 0 Å². The number of hydrogen-bond acceptors (Lipinski definition) is 5. The highest BCUT2D eigenvalue weighted by molar-refractivity contribution is 7.89. The van der Waals surface area contributed by atoms with Crippen molar-refractivity contribution in [1.82, 2.24) is 4.72 Å². The van der Waals surface area contributed by atoms with E-state index in [1.807, 2.05) is 0 Å². The van der Waals surface area contributed by atoms with Crippen LogP contribution in [-0.4, -0.2) is 57.3 Å². The molecule has 0 spiro atoms. The largest absolute Gasteiger partial charge is 0.394 e. The van der Waals surface area contributed by atoms with E-state index in [0.29, 0.717) is 32.7 Å². The van der Waals surface area contributed by atoms with Crippen molar-refractivity contribution in [3.05, 3.63) is 0 Å². The average molecular weight is 279 g/mol. The van der Waals surface area contributed by atoms with Crippen molar-refractivity contribution in [1.29, 1.82) is 0 Å². The number of ether oxygens (including phenoxy) is 2. The molecular formula is C11H21NO5S. The Morgan fingerprint density at radius 1 is 1.28 bits per heavy atom. The molecule has 18 heavy (non-hydrogen) atoms. The van der Waals surface area contributed by atoms with E-state index >= 15 is 0 Å². The molecule has 7 heteroatoms. The van der Waals surface area contributed by atoms with Crippen molar-refractivity contribution in [2.45, 2.75) is 37.3 Å². The van der Waals surface area contributed by atoms with Gasteiger partial charge in [-0.25, -0.2) is 13.1 Å². The van der Waals surface area contributed by atoms with Crippen LogP contribution in [0.15, 0.2) is 0 Å². The monoisotopic (exact) mass is 279 g/mol. The van der Waals surface area contributed by atoms with Crippen molar-refractivity contribution in [3.8, 4) is 0 Å². The van der Waals surface area contributed by atoms with Gasteiger partial charge in [0.25, 0.3) is 0 Å². The van der Waals surface area contributed by atoms with Gasteiger partial charge < -0.3 is 14.6 Å². The van der Waals surface area contributed by atoms with Gasteiger partial charge in [-0.1, -0.05) is 0 Å². The van der Waals surface area contributed by atoms with Gasteiger partial charge in [-0.05, 0) is 25.7 Å². The zero-order valence-corrected chi connectivity index (χ0v) is 11.2. The fourth-order valence-corrected chi connectivity index (χ4v) is 4.21. The van der Waals surface area contributed by atoms with Crippen LogP contribution in [0.3, 0.4) is 0 Å². The molecule has 0 aliphatic carbocycles. The molecule has 0 aromatic rings. The van der Waals surface area contributed by atoms with E-state index in [2.05, 4.69) is 4.72 Å². The minimum Gasteiger partial charge on any atom is -0.394 e. The molecule has 0 radical (unpaired) electrons. The zero-order valence-electron chi connectivity index (χ0n) is 10.4. The highest BCUT2D eigenvalue weighted by Crippen LogP contribution is 2.22. The molecule has 1 atom stereocenters. The van der Waals surface area contributed by atoms with Crippen molar-refractivity contribution >= 4 is 10.0 Å². The van der Waals surface area contributed by atoms with E-state index in [0.717, 1.165) is 12.8 Å². The van der Waals surface area contributed by atoms with E-state index in [1.165, 1.54) is 0 Å². The number of sulfonamides is 1. The molecule has 2 aliphatic heterocycles. The maximum atomic E-state index is 12.1. The number of aliphatic hydroxyl groups excluding tert-OH is 1. The lowest BCUT2D eigenvalue weighted by Gasteiger charge is -2.36. The second kappa shape index (κ2) is 5.83. The third-order valence-electron chi connectivity index (χ3n) is 3.55. The third kappa shape index (κ3) is 3.64. The Labute approximate surface area is 108 Å². The second-order valence-corrected chi connectivity index (χ2v) is 6.84. The summed E-state index contributed by atoms with van der Waals surface area (Å²) in [6, 6.07) is 0. The lowest BCUT2D eigenvalue weighted by atomic mass is 9.93. The second-order valence-electron chi connectivity index (χ2n) is 5.07. The Hall–Kier alpha value is -0.210. The minimum atomic E-state index is -3.43. The lowest BCUT2D eigenvalue weighted by Crippen LogP contribution is -2.55. The van der Waals surface area contributed by atoms with Crippen LogP contribution in [0.1, 0.15) is 25.7 Å². The van der Waals surface area contributed by atoms with Crippen molar-refractivity contribution in [3.63, 3.8) is 0 Å². The molecule has 2 fully saturated rings. The summed E-state index contributed by atoms with van der Waals surface area (Å²) in [6.07, 6.45) is 2.51. The summed E-state index contributed by atoms with van der Waals surface area (Å²) >= 11 is 0. The predicted molar refractivity (Wildman–Crippen MR) is 65.8 cm³/mol. The Morgan fingerprint density at radius 2 is 2.00 bits per heavy atom. The summed E-state index contributed by atoms with van der Waals surface area (Å²) < 4.78 is 37.3. The number of aliphatic hydroxyl groups is 1. The van der Waals surface area contributed by atoms with Crippen LogP contribution in [0.5, 0.6) is 0 Å². The van der Waals surface area contributed by atoms with Gasteiger partial charge in [0.05, 0.1) is 24.0 Å². The molecule has 0 amide bonds. The SMILES string of the molecule is O=S(=O)(CC1CCCO1)NC1(CO)CCOCC1. The smallest absolute Gasteiger partial charge is 0.214 e. The van der Waals surface area contributed by atoms with Gasteiger partial charge in [-0.3, -0.25) is 0 Å². The van der Waals surface area contributed by atoms with Gasteiger partial charge >= 0.3 is 0 Å². The standard InChI is InChI=1S/C11H21NO5S/c13-9-11(3-6-16-7-4-11)12-18(14,15)8-10-2-1-5-17-10/h10,12-13H,1-9H2. The van der Waals surface area contributed by atoms with Crippen molar-refractivity contribution in [2.24, 2.45) is 0 Å². The van der Waals surface area contributed by atoms with E-state index in [4.69, 9.17) is 9.47 Å². The fraction of sp³-hybridized carbons (Fsp3) is 1.00. The summed E-state index contributed by atoms with van der Waals surface area (Å²) in [5.41, 5.74) is -0.754. The maximum Gasteiger partial charge on any atom is 0.214 e. The first-order valence-corrected chi connectivity index (χ1v) is 8.02. The molecule has 6 nitrogen and oxygen atoms in total. The molecule has 0 aromatic carbocycles. The quantitative estimate of drug-likeness (QED) is 0.717. The predicted octanol–water partition coefficient (Wildman–Crippen LogP) is -0.374. The number of rotatable bonds is 5. The lowest BCUT2D eigenvalue weighted by molar-refractivity contribution is 0.0221. The van der Waals surface area contributed by atoms with E-state index < -0.39 is 15.6 Å². The summed E-state index contributed by atoms with van der Waals surface area (Å²) in [7, 11) is -3.43. The van der Waals surface area contributed by atoms with Crippen molar-refractivity contribution < 1.29 is 23.0 Å². The summed E-state index contributed by atoms with van der Waals surface area (Å²) in [6.45, 7) is 1.40. The van der Waals surface area contributed by atoms with Crippen LogP contribution in [-0.2, 0) is 19.5 Å². The number of nitrogens with one attached hydrogen (secondary N) is 1. The Morgan fingerprint density at radius 3 is 2.56 bits per heavy atom. The third-order valence-corrected chi connectivity index (χ3v) is 5.11. The molecular weight excluding hydrogens is 258 g/mol. The first-order valence-electron chi connectivity index (χ1n) is 6.37. The molecule has 2 rings (SSSR count). The summed E-state index contributed by atoms with van der Waals surface area (Å²) in [4.78, 5) is 0. The average Bonchev–Trinajstić information content (AvgIpc) is 2.81. The highest BCUT2D eigenvalue weighted by Gasteiger charge is 2.37. The van der Waals surface area contributed by atoms with E-state index in [-0.39, 0.29) is 18.5 Å². The Kier molecular flexibility index (Phi) is 4.60. The van der Waals surface area contributed by atoms with Gasteiger partial charge in [0.2, 0.25) is 10.0 Å². The maximum absolute atomic E-state index is 12.1. The molecule has 0 aromatic heterocycles. The van der Waals surface area contributed by atoms with Gasteiger partial charge in [0, 0.05) is 19.8 Å². The van der Waals surface area contributed by atoms with Gasteiger partial charge in [0.1, 0.15) is 0 Å². The van der Waals surface area contributed by atoms with E-state index in [1.54, 1.807) is 0 Å². The highest BCUT2D eigenvalue weighted by atomic mass is 32.2. The Balaban J connectivity index is 1.96. The van der Waals surface area contributed by atoms with Crippen LogP contribution in [0.2, 0.25) is 0 Å². The zero-order chi connectivity index (χ0) is 13.1. The van der Waals surface area contributed by atoms with Crippen molar-refractivity contribution in [2.75, 3.05) is 32.2 Å². The van der Waals surface area contributed by atoms with Crippen LogP contribution < -0.4 is 4.72 Å². The number of hydrogen-bond donors (Lipinski definition) is 2. The molecule has 1 unspecified atom stereocenters. The van der Waals surface area contributed by atoms with Crippen LogP contribution in [0.4, 0.5) is 0 Å². The normalized spacial score (nSPS) is 28.4. The first-order chi connectivity index (χ1) is 8.55. The van der Waals surface area contributed by atoms with Crippen LogP contribution in [0.25, 0.3) is 0 Å². The minimum absolute atomic E-state index is 0.0182. The first kappa shape index (κ1) is 14.2. The molecule has 0 saturated carbocycles. The molecule has 2 aliphatic rings. The van der Waals surface area contributed by atoms with Gasteiger partial charge in [-0.2, -0.15) is 0 Å². The molecule has 2 saturated heterocycles. The topological polar surface area (TPSA) is 84.9 Å². The molecule has 106 valence electrons. The molecule has 2 N–H and O–H groups in total. The van der Waals surface area contributed by atoms with E-state index in [9.17, 15) is 13.5 Å². The van der Waals surface area contributed by atoms with Gasteiger partial charge in [0.15, 0.2) is 0 Å².